The molecule has 1 fully saturated rings. The molecule has 1 rings (SSSR count). The van der Waals surface area contributed by atoms with Gasteiger partial charge >= 0.3 is 6.18 Å². The Morgan fingerprint density at radius 3 is 2.54 bits per heavy atom. The van der Waals surface area contributed by atoms with E-state index in [-0.39, 0.29) is 13.0 Å². The van der Waals surface area contributed by atoms with E-state index in [1.54, 1.807) is 0 Å². The van der Waals surface area contributed by atoms with E-state index in [9.17, 15) is 18.3 Å². The molecule has 78 valence electrons. The molecule has 1 saturated heterocycles. The standard InChI is InChI=1S/C8H13F3O2/c9-8(10,11)4-3-7(12)2-1-5-13-6-7/h12H,1-6H2. The van der Waals surface area contributed by atoms with Gasteiger partial charge in [0.1, 0.15) is 0 Å². The van der Waals surface area contributed by atoms with Gasteiger partial charge in [-0.15, -0.1) is 0 Å². The number of rotatable bonds is 2. The third kappa shape index (κ3) is 3.95. The van der Waals surface area contributed by atoms with Gasteiger partial charge in [-0.2, -0.15) is 13.2 Å². The van der Waals surface area contributed by atoms with Crippen LogP contribution in [0.1, 0.15) is 25.7 Å². The molecule has 0 spiro atoms. The maximum Gasteiger partial charge on any atom is 0.389 e. The monoisotopic (exact) mass is 198 g/mol. The predicted molar refractivity (Wildman–Crippen MR) is 40.3 cm³/mol. The fourth-order valence-corrected chi connectivity index (χ4v) is 1.41. The minimum atomic E-state index is -4.19. The molecule has 0 aromatic rings. The van der Waals surface area contributed by atoms with Crippen molar-refractivity contribution in [2.45, 2.75) is 37.5 Å². The highest BCUT2D eigenvalue weighted by Gasteiger charge is 2.36. The summed E-state index contributed by atoms with van der Waals surface area (Å²) in [5.74, 6) is 0. The molecule has 1 N–H and O–H groups in total. The van der Waals surface area contributed by atoms with Crippen LogP contribution in [0.15, 0.2) is 0 Å². The first-order valence-electron chi connectivity index (χ1n) is 4.28. The zero-order valence-corrected chi connectivity index (χ0v) is 7.23. The maximum atomic E-state index is 11.8. The van der Waals surface area contributed by atoms with Crippen LogP contribution in [0.25, 0.3) is 0 Å². The summed E-state index contributed by atoms with van der Waals surface area (Å²) in [6.07, 6.45) is -4.34. The van der Waals surface area contributed by atoms with Gasteiger partial charge in [0.05, 0.1) is 12.2 Å². The van der Waals surface area contributed by atoms with E-state index in [0.29, 0.717) is 19.4 Å². The first kappa shape index (κ1) is 10.8. The van der Waals surface area contributed by atoms with Crippen molar-refractivity contribution in [3.8, 4) is 0 Å². The Kier molecular flexibility index (Phi) is 3.18. The van der Waals surface area contributed by atoms with E-state index in [1.807, 2.05) is 0 Å². The third-order valence-electron chi connectivity index (χ3n) is 2.18. The second kappa shape index (κ2) is 3.84. The highest BCUT2D eigenvalue weighted by atomic mass is 19.4. The van der Waals surface area contributed by atoms with Gasteiger partial charge in [0.25, 0.3) is 0 Å². The molecule has 0 radical (unpaired) electrons. The van der Waals surface area contributed by atoms with Gasteiger partial charge in [0.15, 0.2) is 0 Å². The molecule has 13 heavy (non-hydrogen) atoms. The fourth-order valence-electron chi connectivity index (χ4n) is 1.41. The van der Waals surface area contributed by atoms with Crippen LogP contribution in [0.3, 0.4) is 0 Å². The van der Waals surface area contributed by atoms with Gasteiger partial charge in [0.2, 0.25) is 0 Å². The van der Waals surface area contributed by atoms with Crippen molar-refractivity contribution in [1.29, 1.82) is 0 Å². The van der Waals surface area contributed by atoms with Crippen molar-refractivity contribution in [3.05, 3.63) is 0 Å². The zero-order chi connectivity index (χ0) is 9.95. The lowest BCUT2D eigenvalue weighted by Crippen LogP contribution is -2.39. The lowest BCUT2D eigenvalue weighted by molar-refractivity contribution is -0.158. The summed E-state index contributed by atoms with van der Waals surface area (Å²) < 4.78 is 40.4. The summed E-state index contributed by atoms with van der Waals surface area (Å²) in [6, 6.07) is 0. The molecule has 0 aromatic carbocycles. The van der Waals surface area contributed by atoms with Crippen LogP contribution in [0.2, 0.25) is 0 Å². The Morgan fingerprint density at radius 1 is 1.38 bits per heavy atom. The summed E-state index contributed by atoms with van der Waals surface area (Å²) in [7, 11) is 0. The van der Waals surface area contributed by atoms with Crippen molar-refractivity contribution in [2.24, 2.45) is 0 Å². The van der Waals surface area contributed by atoms with Crippen molar-refractivity contribution in [1.82, 2.24) is 0 Å². The van der Waals surface area contributed by atoms with Crippen molar-refractivity contribution >= 4 is 0 Å². The average molecular weight is 198 g/mol. The Balaban J connectivity index is 2.33. The first-order valence-corrected chi connectivity index (χ1v) is 4.28. The molecule has 1 heterocycles. The number of halogens is 3. The largest absolute Gasteiger partial charge is 0.389 e. The van der Waals surface area contributed by atoms with Crippen LogP contribution < -0.4 is 0 Å². The van der Waals surface area contributed by atoms with Gasteiger partial charge in [-0.1, -0.05) is 0 Å². The normalized spacial score (nSPS) is 30.5. The maximum absolute atomic E-state index is 11.8. The second-order valence-electron chi connectivity index (χ2n) is 3.50. The zero-order valence-electron chi connectivity index (χ0n) is 7.23. The Hall–Kier alpha value is -0.290. The molecule has 0 aromatic heterocycles. The van der Waals surface area contributed by atoms with Gasteiger partial charge < -0.3 is 9.84 Å². The van der Waals surface area contributed by atoms with E-state index in [1.165, 1.54) is 0 Å². The van der Waals surface area contributed by atoms with E-state index >= 15 is 0 Å². The second-order valence-corrected chi connectivity index (χ2v) is 3.50. The van der Waals surface area contributed by atoms with Crippen LogP contribution in [0.5, 0.6) is 0 Å². The van der Waals surface area contributed by atoms with E-state index < -0.39 is 18.2 Å². The van der Waals surface area contributed by atoms with Crippen LogP contribution in [-0.4, -0.2) is 30.1 Å². The smallest absolute Gasteiger partial charge is 0.387 e. The molecular formula is C8H13F3O2. The third-order valence-corrected chi connectivity index (χ3v) is 2.18. The molecule has 1 unspecified atom stereocenters. The number of hydrogen-bond donors (Lipinski definition) is 1. The highest BCUT2D eigenvalue weighted by Crippen LogP contribution is 2.30. The molecule has 1 atom stereocenters. The van der Waals surface area contributed by atoms with Gasteiger partial charge in [0, 0.05) is 13.0 Å². The average Bonchev–Trinajstić information content (AvgIpc) is 2.02. The minimum Gasteiger partial charge on any atom is -0.387 e. The summed E-state index contributed by atoms with van der Waals surface area (Å²) in [5.41, 5.74) is -1.26. The van der Waals surface area contributed by atoms with Crippen molar-refractivity contribution in [3.63, 3.8) is 0 Å². The number of aliphatic hydroxyl groups is 1. The van der Waals surface area contributed by atoms with Gasteiger partial charge in [-0.05, 0) is 19.3 Å². The molecule has 1 aliphatic rings. The lowest BCUT2D eigenvalue weighted by atomic mass is 9.91. The van der Waals surface area contributed by atoms with Gasteiger partial charge in [-0.25, -0.2) is 0 Å². The Bertz CT molecular complexity index is 161. The minimum absolute atomic E-state index is 0.0308. The lowest BCUT2D eigenvalue weighted by Gasteiger charge is -2.32. The van der Waals surface area contributed by atoms with Crippen LogP contribution in [0, 0.1) is 0 Å². The number of hydrogen-bond acceptors (Lipinski definition) is 2. The summed E-state index contributed by atoms with van der Waals surface area (Å²) in [4.78, 5) is 0. The molecule has 0 aliphatic carbocycles. The Morgan fingerprint density at radius 2 is 2.08 bits per heavy atom. The molecule has 2 nitrogen and oxygen atoms in total. The van der Waals surface area contributed by atoms with Gasteiger partial charge in [-0.3, -0.25) is 0 Å². The van der Waals surface area contributed by atoms with E-state index in [2.05, 4.69) is 0 Å². The Labute approximate surface area is 74.7 Å². The van der Waals surface area contributed by atoms with Crippen LogP contribution in [-0.2, 0) is 4.74 Å². The SMILES string of the molecule is OC1(CCC(F)(F)F)CCCOC1. The highest BCUT2D eigenvalue weighted by molar-refractivity contribution is 4.81. The van der Waals surface area contributed by atoms with Crippen molar-refractivity contribution in [2.75, 3.05) is 13.2 Å². The number of alkyl halides is 3. The number of ether oxygens (including phenoxy) is 1. The molecule has 0 saturated carbocycles. The summed E-state index contributed by atoms with van der Waals surface area (Å²) in [6.45, 7) is 0.567. The first-order chi connectivity index (χ1) is 5.91. The molecule has 5 heteroatoms. The summed E-state index contributed by atoms with van der Waals surface area (Å²) in [5, 5.41) is 9.61. The van der Waals surface area contributed by atoms with E-state index in [0.717, 1.165) is 0 Å². The fraction of sp³-hybridized carbons (Fsp3) is 1.00. The van der Waals surface area contributed by atoms with E-state index in [4.69, 9.17) is 4.74 Å². The molecule has 0 bridgehead atoms. The van der Waals surface area contributed by atoms with Crippen molar-refractivity contribution < 1.29 is 23.0 Å². The van der Waals surface area contributed by atoms with Crippen LogP contribution in [0.4, 0.5) is 13.2 Å². The topological polar surface area (TPSA) is 29.5 Å². The molecular weight excluding hydrogens is 185 g/mol. The predicted octanol–water partition coefficient (Wildman–Crippen LogP) is 1.87. The van der Waals surface area contributed by atoms with Crippen LogP contribution >= 0.6 is 0 Å². The molecule has 0 amide bonds. The summed E-state index contributed by atoms with van der Waals surface area (Å²) >= 11 is 0. The molecule has 1 aliphatic heterocycles. The quantitative estimate of drug-likeness (QED) is 0.734.